The quantitative estimate of drug-likeness (QED) is 0.879. The largest absolute Gasteiger partial charge is 0.393 e. The molecule has 1 unspecified atom stereocenters. The third kappa shape index (κ3) is 4.66. The molecule has 3 heteroatoms. The van der Waals surface area contributed by atoms with E-state index in [1.165, 1.54) is 8.66 Å². The molecule has 0 saturated heterocycles. The summed E-state index contributed by atoms with van der Waals surface area (Å²) in [5.41, 5.74) is 0.00995. The molecule has 1 nitrogen and oxygen atoms in total. The van der Waals surface area contributed by atoms with Crippen LogP contribution in [-0.2, 0) is 6.42 Å². The van der Waals surface area contributed by atoms with Gasteiger partial charge in [0.2, 0.25) is 0 Å². The van der Waals surface area contributed by atoms with Gasteiger partial charge in [0.15, 0.2) is 0 Å². The summed E-state index contributed by atoms with van der Waals surface area (Å²) in [6, 6.07) is 4.23. The molecule has 0 aliphatic heterocycles. The summed E-state index contributed by atoms with van der Waals surface area (Å²) >= 11 is 5.24. The minimum atomic E-state index is -0.194. The molecule has 1 rings (SSSR count). The van der Waals surface area contributed by atoms with Gasteiger partial charge in [-0.15, -0.1) is 11.3 Å². The Balaban J connectivity index is 2.28. The summed E-state index contributed by atoms with van der Waals surface area (Å²) in [6.07, 6.45) is 2.83. The molecular weight excluding hydrogens is 272 g/mol. The molecule has 1 aromatic heterocycles. The Labute approximate surface area is 105 Å². The number of halogens is 1. The lowest BCUT2D eigenvalue weighted by atomic mass is 9.86. The Hall–Kier alpha value is 0.140. The van der Waals surface area contributed by atoms with Crippen LogP contribution in [0.15, 0.2) is 15.9 Å². The van der Waals surface area contributed by atoms with E-state index in [0.717, 1.165) is 19.3 Å². The van der Waals surface area contributed by atoms with Crippen molar-refractivity contribution in [3.8, 4) is 0 Å². The fraction of sp³-hybridized carbons (Fsp3) is 0.667. The van der Waals surface area contributed by atoms with Crippen LogP contribution >= 0.6 is 27.3 Å². The van der Waals surface area contributed by atoms with Crippen LogP contribution in [0, 0.1) is 5.41 Å². The topological polar surface area (TPSA) is 20.2 Å². The Morgan fingerprint density at radius 3 is 2.53 bits per heavy atom. The molecule has 86 valence electrons. The first-order chi connectivity index (χ1) is 6.89. The minimum Gasteiger partial charge on any atom is -0.393 e. The summed E-state index contributed by atoms with van der Waals surface area (Å²) in [5.74, 6) is 0. The zero-order valence-corrected chi connectivity index (χ0v) is 12.0. The van der Waals surface area contributed by atoms with Crippen LogP contribution in [0.5, 0.6) is 0 Å². The van der Waals surface area contributed by atoms with E-state index < -0.39 is 0 Å². The molecule has 1 aromatic rings. The second-order valence-corrected chi connectivity index (χ2v) is 7.53. The van der Waals surface area contributed by atoms with E-state index in [1.54, 1.807) is 11.3 Å². The van der Waals surface area contributed by atoms with Crippen molar-refractivity contribution in [2.45, 2.75) is 46.1 Å². The molecule has 1 atom stereocenters. The molecule has 0 saturated carbocycles. The average Bonchev–Trinajstić information content (AvgIpc) is 2.49. The van der Waals surface area contributed by atoms with Gasteiger partial charge in [-0.25, -0.2) is 0 Å². The first-order valence-corrected chi connectivity index (χ1v) is 6.93. The van der Waals surface area contributed by atoms with Gasteiger partial charge in [0.25, 0.3) is 0 Å². The van der Waals surface area contributed by atoms with E-state index in [9.17, 15) is 5.11 Å². The zero-order chi connectivity index (χ0) is 11.5. The van der Waals surface area contributed by atoms with Gasteiger partial charge < -0.3 is 5.11 Å². The fourth-order valence-corrected chi connectivity index (χ4v) is 2.91. The molecule has 0 radical (unpaired) electrons. The highest BCUT2D eigenvalue weighted by Gasteiger charge is 2.21. The summed E-state index contributed by atoms with van der Waals surface area (Å²) in [5, 5.41) is 9.86. The molecule has 0 aromatic carbocycles. The standard InChI is InChI=1S/C12H19BrOS/c1-12(2,3)10(14)6-4-5-9-7-8-11(13)15-9/h7-8,10,14H,4-6H2,1-3H3. The van der Waals surface area contributed by atoms with Crippen LogP contribution in [0.25, 0.3) is 0 Å². The van der Waals surface area contributed by atoms with Gasteiger partial charge in [0.05, 0.1) is 9.89 Å². The van der Waals surface area contributed by atoms with Crippen molar-refractivity contribution in [3.05, 3.63) is 20.8 Å². The maximum atomic E-state index is 9.86. The van der Waals surface area contributed by atoms with Crippen LogP contribution in [-0.4, -0.2) is 11.2 Å². The van der Waals surface area contributed by atoms with Crippen LogP contribution < -0.4 is 0 Å². The van der Waals surface area contributed by atoms with E-state index in [2.05, 4.69) is 48.8 Å². The van der Waals surface area contributed by atoms with Crippen LogP contribution in [0.4, 0.5) is 0 Å². The number of aliphatic hydroxyl groups is 1. The highest BCUT2D eigenvalue weighted by molar-refractivity contribution is 9.11. The van der Waals surface area contributed by atoms with Gasteiger partial charge in [0, 0.05) is 4.88 Å². The molecule has 1 heterocycles. The van der Waals surface area contributed by atoms with Crippen molar-refractivity contribution in [2.24, 2.45) is 5.41 Å². The maximum Gasteiger partial charge on any atom is 0.0701 e. The Morgan fingerprint density at radius 1 is 1.40 bits per heavy atom. The molecule has 15 heavy (non-hydrogen) atoms. The monoisotopic (exact) mass is 290 g/mol. The molecule has 0 amide bonds. The van der Waals surface area contributed by atoms with Crippen molar-refractivity contribution in [3.63, 3.8) is 0 Å². The molecule has 0 fully saturated rings. The van der Waals surface area contributed by atoms with Gasteiger partial charge in [-0.3, -0.25) is 0 Å². The van der Waals surface area contributed by atoms with Crippen molar-refractivity contribution in [2.75, 3.05) is 0 Å². The van der Waals surface area contributed by atoms with Crippen LogP contribution in [0.3, 0.4) is 0 Å². The van der Waals surface area contributed by atoms with Gasteiger partial charge in [-0.05, 0) is 52.7 Å². The first kappa shape index (κ1) is 13.2. The van der Waals surface area contributed by atoms with Crippen molar-refractivity contribution >= 4 is 27.3 Å². The first-order valence-electron chi connectivity index (χ1n) is 5.32. The number of aryl methyl sites for hydroxylation is 1. The Bertz CT molecular complexity index is 301. The number of aliphatic hydroxyl groups excluding tert-OH is 1. The fourth-order valence-electron chi connectivity index (χ4n) is 1.39. The lowest BCUT2D eigenvalue weighted by molar-refractivity contribution is 0.0541. The molecule has 0 aliphatic rings. The number of hydrogen-bond acceptors (Lipinski definition) is 2. The SMILES string of the molecule is CC(C)(C)C(O)CCCc1ccc(Br)s1. The van der Waals surface area contributed by atoms with Gasteiger partial charge in [0.1, 0.15) is 0 Å². The van der Waals surface area contributed by atoms with E-state index in [0.29, 0.717) is 0 Å². The van der Waals surface area contributed by atoms with E-state index in [4.69, 9.17) is 0 Å². The molecule has 0 spiro atoms. The highest BCUT2D eigenvalue weighted by atomic mass is 79.9. The summed E-state index contributed by atoms with van der Waals surface area (Å²) in [4.78, 5) is 1.39. The predicted molar refractivity (Wildman–Crippen MR) is 70.4 cm³/mol. The van der Waals surface area contributed by atoms with Gasteiger partial charge >= 0.3 is 0 Å². The van der Waals surface area contributed by atoms with E-state index in [1.807, 2.05) is 0 Å². The lowest BCUT2D eigenvalue weighted by Gasteiger charge is -2.25. The molecular formula is C12H19BrOS. The molecule has 1 N–H and O–H groups in total. The van der Waals surface area contributed by atoms with Crippen LogP contribution in [0.2, 0.25) is 0 Å². The Morgan fingerprint density at radius 2 is 2.07 bits per heavy atom. The van der Waals surface area contributed by atoms with Crippen molar-refractivity contribution < 1.29 is 5.11 Å². The van der Waals surface area contributed by atoms with E-state index in [-0.39, 0.29) is 11.5 Å². The third-order valence-corrected chi connectivity index (χ3v) is 4.21. The lowest BCUT2D eigenvalue weighted by Crippen LogP contribution is -2.25. The molecule has 0 aliphatic carbocycles. The van der Waals surface area contributed by atoms with Crippen molar-refractivity contribution in [1.29, 1.82) is 0 Å². The maximum absolute atomic E-state index is 9.86. The second kappa shape index (κ2) is 5.46. The second-order valence-electron chi connectivity index (χ2n) is 4.98. The van der Waals surface area contributed by atoms with Crippen LogP contribution in [0.1, 0.15) is 38.5 Å². The van der Waals surface area contributed by atoms with E-state index >= 15 is 0 Å². The van der Waals surface area contributed by atoms with Gasteiger partial charge in [-0.1, -0.05) is 20.8 Å². The van der Waals surface area contributed by atoms with Gasteiger partial charge in [-0.2, -0.15) is 0 Å². The summed E-state index contributed by atoms with van der Waals surface area (Å²) in [6.45, 7) is 6.25. The average molecular weight is 291 g/mol. The summed E-state index contributed by atoms with van der Waals surface area (Å²) < 4.78 is 1.19. The normalized spacial score (nSPS) is 14.2. The smallest absolute Gasteiger partial charge is 0.0701 e. The molecule has 0 bridgehead atoms. The third-order valence-electron chi connectivity index (χ3n) is 2.53. The number of hydrogen-bond donors (Lipinski definition) is 1. The highest BCUT2D eigenvalue weighted by Crippen LogP contribution is 2.26. The minimum absolute atomic E-state index is 0.00995. The van der Waals surface area contributed by atoms with Crippen molar-refractivity contribution in [1.82, 2.24) is 0 Å². The number of rotatable bonds is 4. The Kier molecular flexibility index (Phi) is 4.81. The number of thiophene rings is 1. The predicted octanol–water partition coefficient (Wildman–Crippen LogP) is 4.24. The zero-order valence-electron chi connectivity index (χ0n) is 9.59. The summed E-state index contributed by atoms with van der Waals surface area (Å²) in [7, 11) is 0.